The third-order valence-corrected chi connectivity index (χ3v) is 4.09. The Morgan fingerprint density at radius 2 is 1.61 bits per heavy atom. The van der Waals surface area contributed by atoms with Gasteiger partial charge in [0.25, 0.3) is 5.88 Å². The van der Waals surface area contributed by atoms with E-state index in [1.54, 1.807) is 0 Å². The third-order valence-electron chi connectivity index (χ3n) is 4.09. The summed E-state index contributed by atoms with van der Waals surface area (Å²) in [5.74, 6) is -0.887. The van der Waals surface area contributed by atoms with Crippen molar-refractivity contribution < 1.29 is 28.2 Å². The van der Waals surface area contributed by atoms with E-state index >= 15 is 0 Å². The summed E-state index contributed by atoms with van der Waals surface area (Å²) in [7, 11) is 2.49. The van der Waals surface area contributed by atoms with Crippen molar-refractivity contribution in [2.75, 3.05) is 14.2 Å². The number of hydrogen-bond donors (Lipinski definition) is 0. The van der Waals surface area contributed by atoms with Crippen molar-refractivity contribution in [3.8, 4) is 11.6 Å². The lowest BCUT2D eigenvalue weighted by Crippen LogP contribution is -2.07. The predicted octanol–water partition coefficient (Wildman–Crippen LogP) is 3.74. The minimum atomic E-state index is -0.618. The van der Waals surface area contributed by atoms with E-state index in [2.05, 4.69) is 9.97 Å². The van der Waals surface area contributed by atoms with E-state index in [1.807, 2.05) is 24.3 Å². The predicted molar refractivity (Wildman–Crippen MR) is 98.5 cm³/mol. The molecule has 4 aromatic rings. The Hall–Kier alpha value is -3.94. The highest BCUT2D eigenvalue weighted by molar-refractivity contribution is 6.03. The fourth-order valence-electron chi connectivity index (χ4n) is 2.82. The van der Waals surface area contributed by atoms with Gasteiger partial charge in [-0.05, 0) is 30.3 Å². The van der Waals surface area contributed by atoms with Crippen LogP contribution in [0.3, 0.4) is 0 Å². The largest absolute Gasteiger partial charge is 0.465 e. The zero-order chi connectivity index (χ0) is 19.7. The molecule has 2 aromatic heterocycles. The lowest BCUT2D eigenvalue weighted by molar-refractivity contribution is 0.0598. The summed E-state index contributed by atoms with van der Waals surface area (Å²) < 4.78 is 21.1. The molecule has 0 radical (unpaired) electrons. The van der Waals surface area contributed by atoms with Gasteiger partial charge in [-0.1, -0.05) is 12.1 Å². The van der Waals surface area contributed by atoms with Crippen molar-refractivity contribution in [2.24, 2.45) is 0 Å². The minimum absolute atomic E-state index is 0.135. The van der Waals surface area contributed by atoms with E-state index in [-0.39, 0.29) is 22.8 Å². The standard InChI is InChI=1S/C20H14N2O6/c1-25-19(23)11-7-12(20(24)26-2)9-13(8-11)27-18-17-16(21-10-22-18)14-5-3-4-6-15(14)28-17/h3-10H,1-2H3. The van der Waals surface area contributed by atoms with Gasteiger partial charge in [0, 0.05) is 5.39 Å². The first kappa shape index (κ1) is 17.5. The molecule has 0 aliphatic carbocycles. The van der Waals surface area contributed by atoms with Gasteiger partial charge >= 0.3 is 11.9 Å². The fraction of sp³-hybridized carbons (Fsp3) is 0.100. The number of nitrogens with zero attached hydrogens (tertiary/aromatic N) is 2. The van der Waals surface area contributed by atoms with Crippen LogP contribution in [0.1, 0.15) is 20.7 Å². The number of benzene rings is 2. The lowest BCUT2D eigenvalue weighted by Gasteiger charge is -2.09. The Bertz CT molecular complexity index is 1180. The molecule has 0 saturated heterocycles. The second kappa shape index (κ2) is 6.99. The van der Waals surface area contributed by atoms with Gasteiger partial charge in [0.15, 0.2) is 0 Å². The van der Waals surface area contributed by atoms with E-state index in [1.165, 1.54) is 38.7 Å². The second-order valence-corrected chi connectivity index (χ2v) is 5.79. The summed E-state index contributed by atoms with van der Waals surface area (Å²) in [6.07, 6.45) is 1.35. The van der Waals surface area contributed by atoms with Crippen molar-refractivity contribution in [1.29, 1.82) is 0 Å². The van der Waals surface area contributed by atoms with Crippen LogP contribution in [0.15, 0.2) is 53.2 Å². The Balaban J connectivity index is 1.82. The molecule has 8 nitrogen and oxygen atoms in total. The Kier molecular flexibility index (Phi) is 4.36. The molecule has 0 atom stereocenters. The van der Waals surface area contributed by atoms with Crippen LogP contribution in [0.2, 0.25) is 0 Å². The maximum absolute atomic E-state index is 11.9. The van der Waals surface area contributed by atoms with Crippen LogP contribution in [0.25, 0.3) is 22.1 Å². The van der Waals surface area contributed by atoms with E-state index in [0.717, 1.165) is 5.39 Å². The Labute approximate surface area is 158 Å². The fourth-order valence-corrected chi connectivity index (χ4v) is 2.82. The molecular weight excluding hydrogens is 364 g/mol. The third kappa shape index (κ3) is 3.01. The van der Waals surface area contributed by atoms with Gasteiger partial charge in [-0.15, -0.1) is 0 Å². The number of methoxy groups -OCH3 is 2. The average Bonchev–Trinajstić information content (AvgIpc) is 3.12. The average molecular weight is 378 g/mol. The topological polar surface area (TPSA) is 101 Å². The van der Waals surface area contributed by atoms with Crippen LogP contribution in [0.4, 0.5) is 0 Å². The highest BCUT2D eigenvalue weighted by Crippen LogP contribution is 2.34. The number of esters is 2. The highest BCUT2D eigenvalue weighted by Gasteiger charge is 2.18. The molecule has 0 spiro atoms. The molecule has 28 heavy (non-hydrogen) atoms. The molecule has 4 rings (SSSR count). The van der Waals surface area contributed by atoms with Crippen molar-refractivity contribution in [2.45, 2.75) is 0 Å². The number of furan rings is 1. The van der Waals surface area contributed by atoms with Gasteiger partial charge in [0.1, 0.15) is 23.2 Å². The van der Waals surface area contributed by atoms with Crippen molar-refractivity contribution in [3.05, 3.63) is 59.9 Å². The molecule has 0 N–H and O–H groups in total. The lowest BCUT2D eigenvalue weighted by atomic mass is 10.1. The Morgan fingerprint density at radius 3 is 2.29 bits per heavy atom. The SMILES string of the molecule is COC(=O)c1cc(Oc2ncnc3c2oc2ccccc23)cc(C(=O)OC)c1. The van der Waals surface area contributed by atoms with Gasteiger partial charge < -0.3 is 18.6 Å². The number of carbonyl (C=O) groups is 2. The Morgan fingerprint density at radius 1 is 0.929 bits per heavy atom. The maximum atomic E-state index is 11.9. The van der Waals surface area contributed by atoms with Crippen LogP contribution in [-0.4, -0.2) is 36.1 Å². The molecule has 0 aliphatic heterocycles. The van der Waals surface area contributed by atoms with Gasteiger partial charge in [-0.2, -0.15) is 4.98 Å². The number of rotatable bonds is 4. The number of fused-ring (bicyclic) bond motifs is 3. The summed E-state index contributed by atoms with van der Waals surface area (Å²) in [4.78, 5) is 32.3. The molecule has 2 aromatic carbocycles. The zero-order valence-corrected chi connectivity index (χ0v) is 15.0. The normalized spacial score (nSPS) is 10.8. The molecule has 0 saturated carbocycles. The monoisotopic (exact) mass is 378 g/mol. The molecule has 0 fully saturated rings. The van der Waals surface area contributed by atoms with Crippen LogP contribution >= 0.6 is 0 Å². The molecular formula is C20H14N2O6. The first-order valence-corrected chi connectivity index (χ1v) is 8.22. The van der Waals surface area contributed by atoms with Crippen LogP contribution in [-0.2, 0) is 9.47 Å². The zero-order valence-electron chi connectivity index (χ0n) is 15.0. The molecule has 140 valence electrons. The van der Waals surface area contributed by atoms with Crippen LogP contribution in [0, 0.1) is 0 Å². The molecule has 8 heteroatoms. The van der Waals surface area contributed by atoms with E-state index in [9.17, 15) is 9.59 Å². The summed E-state index contributed by atoms with van der Waals surface area (Å²) >= 11 is 0. The number of para-hydroxylation sites is 1. The first-order valence-electron chi connectivity index (χ1n) is 8.22. The number of hydrogen-bond acceptors (Lipinski definition) is 8. The molecule has 2 heterocycles. The minimum Gasteiger partial charge on any atom is -0.465 e. The summed E-state index contributed by atoms with van der Waals surface area (Å²) in [6.45, 7) is 0. The van der Waals surface area contributed by atoms with Crippen molar-refractivity contribution in [1.82, 2.24) is 9.97 Å². The molecule has 0 amide bonds. The van der Waals surface area contributed by atoms with Crippen molar-refractivity contribution >= 4 is 34.0 Å². The van der Waals surface area contributed by atoms with Gasteiger partial charge in [-0.3, -0.25) is 0 Å². The van der Waals surface area contributed by atoms with Gasteiger partial charge in [0.2, 0.25) is 5.58 Å². The first-order chi connectivity index (χ1) is 13.6. The highest BCUT2D eigenvalue weighted by atomic mass is 16.5. The quantitative estimate of drug-likeness (QED) is 0.495. The smallest absolute Gasteiger partial charge is 0.338 e. The van der Waals surface area contributed by atoms with E-state index in [0.29, 0.717) is 16.7 Å². The number of aromatic nitrogens is 2. The summed E-state index contributed by atoms with van der Waals surface area (Å²) in [5, 5.41) is 0.823. The summed E-state index contributed by atoms with van der Waals surface area (Å²) in [5.41, 5.74) is 1.86. The second-order valence-electron chi connectivity index (χ2n) is 5.79. The van der Waals surface area contributed by atoms with Gasteiger partial charge in [-0.25, -0.2) is 14.6 Å². The number of ether oxygens (including phenoxy) is 3. The molecule has 0 unspecified atom stereocenters. The number of carbonyl (C=O) groups excluding carboxylic acids is 2. The van der Waals surface area contributed by atoms with Crippen molar-refractivity contribution in [3.63, 3.8) is 0 Å². The van der Waals surface area contributed by atoms with E-state index in [4.69, 9.17) is 18.6 Å². The maximum Gasteiger partial charge on any atom is 0.338 e. The van der Waals surface area contributed by atoms with Crippen LogP contribution < -0.4 is 4.74 Å². The van der Waals surface area contributed by atoms with E-state index < -0.39 is 11.9 Å². The molecule has 0 aliphatic rings. The van der Waals surface area contributed by atoms with Crippen LogP contribution in [0.5, 0.6) is 11.6 Å². The summed E-state index contributed by atoms with van der Waals surface area (Å²) in [6, 6.07) is 11.7. The molecule has 0 bridgehead atoms. The van der Waals surface area contributed by atoms with Gasteiger partial charge in [0.05, 0.1) is 25.3 Å².